The van der Waals surface area contributed by atoms with Crippen molar-refractivity contribution in [3.05, 3.63) is 0 Å². The van der Waals surface area contributed by atoms with Crippen LogP contribution in [0, 0.1) is 0 Å². The quantitative estimate of drug-likeness (QED) is 0.451. The average Bonchev–Trinajstić information content (AvgIpc) is 0. The molecule has 0 fully saturated rings. The van der Waals surface area contributed by atoms with Gasteiger partial charge in [0.1, 0.15) is 0 Å². The standard InChI is InChI=1S/2O.Sr.Zn/q2*-2;2*+2. The van der Waals surface area contributed by atoms with Crippen molar-refractivity contribution in [2.45, 2.75) is 0 Å². The van der Waals surface area contributed by atoms with Gasteiger partial charge in [0, 0.05) is 0 Å². The second-order valence-electron chi connectivity index (χ2n) is 0. The van der Waals surface area contributed by atoms with E-state index in [1.165, 1.54) is 0 Å². The molecule has 0 spiro atoms. The van der Waals surface area contributed by atoms with Gasteiger partial charge in [-0.3, -0.25) is 0 Å². The van der Waals surface area contributed by atoms with Crippen molar-refractivity contribution in [2.24, 2.45) is 0 Å². The third kappa shape index (κ3) is 8.98. The molecule has 0 bridgehead atoms. The largest absolute Gasteiger partial charge is 2.00 e. The first-order valence-electron chi connectivity index (χ1n) is 0. The minimum Gasteiger partial charge on any atom is -2.00 e. The molecule has 0 aromatic rings. The fourth-order valence-electron chi connectivity index (χ4n) is 0. The van der Waals surface area contributed by atoms with Crippen LogP contribution in [0.1, 0.15) is 0 Å². The van der Waals surface area contributed by atoms with Crippen LogP contribution in [-0.4, -0.2) is 45.5 Å². The molecule has 0 unspecified atom stereocenters. The summed E-state index contributed by atoms with van der Waals surface area (Å²) >= 11 is 0. The third-order valence-corrected chi connectivity index (χ3v) is 0. The summed E-state index contributed by atoms with van der Waals surface area (Å²) in [6.45, 7) is 0. The van der Waals surface area contributed by atoms with Crippen molar-refractivity contribution in [2.75, 3.05) is 0 Å². The normalized spacial score (nSPS) is 0. The molecule has 0 heterocycles. The van der Waals surface area contributed by atoms with Crippen molar-refractivity contribution < 1.29 is 30.4 Å². The van der Waals surface area contributed by atoms with Crippen molar-refractivity contribution in [3.8, 4) is 0 Å². The Labute approximate surface area is 74.6 Å². The summed E-state index contributed by atoms with van der Waals surface area (Å²) in [7, 11) is 0. The van der Waals surface area contributed by atoms with Crippen LogP contribution in [0.15, 0.2) is 0 Å². The van der Waals surface area contributed by atoms with E-state index in [0.717, 1.165) is 0 Å². The molecule has 0 aliphatic heterocycles. The van der Waals surface area contributed by atoms with E-state index in [1.807, 2.05) is 0 Å². The molecular formula is O2SrZn. The van der Waals surface area contributed by atoms with E-state index in [-0.39, 0.29) is 75.9 Å². The van der Waals surface area contributed by atoms with Crippen LogP contribution in [0.5, 0.6) is 0 Å². The Balaban J connectivity index is 0. The van der Waals surface area contributed by atoms with Crippen LogP contribution in [0.3, 0.4) is 0 Å². The molecule has 2 nitrogen and oxygen atoms in total. The first-order chi connectivity index (χ1) is 0. The van der Waals surface area contributed by atoms with Gasteiger partial charge in [0.15, 0.2) is 0 Å². The molecule has 4 heavy (non-hydrogen) atoms. The number of rotatable bonds is 0. The second-order valence-corrected chi connectivity index (χ2v) is 0. The van der Waals surface area contributed by atoms with Gasteiger partial charge in [-0.25, -0.2) is 0 Å². The number of hydrogen-bond acceptors (Lipinski definition) is 0. The second kappa shape index (κ2) is 19.9. The van der Waals surface area contributed by atoms with Crippen molar-refractivity contribution in [1.29, 1.82) is 0 Å². The fourth-order valence-corrected chi connectivity index (χ4v) is 0. The molecule has 0 aliphatic rings. The monoisotopic (exact) mass is 184 g/mol. The molecule has 4 heteroatoms. The fraction of sp³-hybridized carbons (Fsp3) is 0. The maximum Gasteiger partial charge on any atom is 2.00 e. The molecule has 0 saturated carbocycles. The summed E-state index contributed by atoms with van der Waals surface area (Å²) in [6.07, 6.45) is 0. The Morgan fingerprint density at radius 3 is 0.750 bits per heavy atom. The predicted octanol–water partition coefficient (Wildman–Crippen LogP) is -0.621. The molecule has 16 valence electrons. The Hall–Kier alpha value is 2.02. The zero-order valence-corrected chi connectivity index (χ0v) is 8.67. The average molecular weight is 185 g/mol. The minimum absolute atomic E-state index is 0. The minimum atomic E-state index is 0. The van der Waals surface area contributed by atoms with Gasteiger partial charge < -0.3 is 11.0 Å². The topological polar surface area (TPSA) is 57.0 Å². The van der Waals surface area contributed by atoms with Gasteiger partial charge in [-0.1, -0.05) is 0 Å². The molecule has 0 atom stereocenters. The maximum atomic E-state index is 0. The van der Waals surface area contributed by atoms with E-state index in [0.29, 0.717) is 0 Å². The summed E-state index contributed by atoms with van der Waals surface area (Å²) in [5.41, 5.74) is 0. The Morgan fingerprint density at radius 1 is 0.750 bits per heavy atom. The van der Waals surface area contributed by atoms with Gasteiger partial charge in [0.2, 0.25) is 0 Å². The molecule has 0 N–H and O–H groups in total. The van der Waals surface area contributed by atoms with Crippen molar-refractivity contribution >= 4 is 45.5 Å². The van der Waals surface area contributed by atoms with E-state index in [4.69, 9.17) is 0 Å². The molecule has 0 saturated heterocycles. The number of hydrogen-bond donors (Lipinski definition) is 0. The van der Waals surface area contributed by atoms with E-state index in [2.05, 4.69) is 0 Å². The zero-order chi connectivity index (χ0) is 0. The summed E-state index contributed by atoms with van der Waals surface area (Å²) in [5.74, 6) is 0. The Bertz CT molecular complexity index is 6.00. The van der Waals surface area contributed by atoms with Gasteiger partial charge in [-0.2, -0.15) is 0 Å². The van der Waals surface area contributed by atoms with E-state index < -0.39 is 0 Å². The first kappa shape index (κ1) is 37.1. The molecule has 0 aliphatic carbocycles. The van der Waals surface area contributed by atoms with Crippen molar-refractivity contribution in [1.82, 2.24) is 0 Å². The van der Waals surface area contributed by atoms with Gasteiger partial charge in [-0.05, 0) is 0 Å². The molecule has 0 amide bonds. The van der Waals surface area contributed by atoms with Gasteiger partial charge in [-0.15, -0.1) is 0 Å². The Morgan fingerprint density at radius 2 is 0.750 bits per heavy atom. The zero-order valence-electron chi connectivity index (χ0n) is 2.23. The molecular weight excluding hydrogens is 185 g/mol. The van der Waals surface area contributed by atoms with E-state index >= 15 is 0 Å². The predicted molar refractivity (Wildman–Crippen MR) is 7.13 cm³/mol. The maximum absolute atomic E-state index is 0. The Kier molecular flexibility index (Phi) is 184. The van der Waals surface area contributed by atoms with E-state index in [9.17, 15) is 0 Å². The summed E-state index contributed by atoms with van der Waals surface area (Å²) in [4.78, 5) is 0. The van der Waals surface area contributed by atoms with Gasteiger partial charge in [0.25, 0.3) is 0 Å². The smallest absolute Gasteiger partial charge is 2.00 e. The van der Waals surface area contributed by atoms with Gasteiger partial charge in [0.05, 0.1) is 0 Å². The van der Waals surface area contributed by atoms with Crippen LogP contribution in [-0.2, 0) is 30.4 Å². The summed E-state index contributed by atoms with van der Waals surface area (Å²) in [5, 5.41) is 0. The third-order valence-electron chi connectivity index (χ3n) is 0. The van der Waals surface area contributed by atoms with Crippen LogP contribution >= 0.6 is 0 Å². The SMILES string of the molecule is [O-2].[O-2].[Sr+2].[Zn+2]. The summed E-state index contributed by atoms with van der Waals surface area (Å²) < 4.78 is 0. The van der Waals surface area contributed by atoms with Crippen LogP contribution in [0.25, 0.3) is 0 Å². The molecule has 0 aromatic heterocycles. The van der Waals surface area contributed by atoms with Gasteiger partial charge >= 0.3 is 65.0 Å². The van der Waals surface area contributed by atoms with Crippen LogP contribution in [0.2, 0.25) is 0 Å². The van der Waals surface area contributed by atoms with Crippen LogP contribution in [0.4, 0.5) is 0 Å². The molecule has 0 aromatic carbocycles. The van der Waals surface area contributed by atoms with Crippen LogP contribution < -0.4 is 0 Å². The molecule has 0 rings (SSSR count). The van der Waals surface area contributed by atoms with Crippen molar-refractivity contribution in [3.63, 3.8) is 0 Å². The summed E-state index contributed by atoms with van der Waals surface area (Å²) in [6, 6.07) is 0. The van der Waals surface area contributed by atoms with E-state index in [1.54, 1.807) is 0 Å². The molecule has 0 radical (unpaired) electrons. The first-order valence-corrected chi connectivity index (χ1v) is 0.